The van der Waals surface area contributed by atoms with Crippen LogP contribution in [0.15, 0.2) is 53.8 Å². The predicted octanol–water partition coefficient (Wildman–Crippen LogP) is 3.36. The van der Waals surface area contributed by atoms with Crippen LogP contribution in [0.1, 0.15) is 6.92 Å². The molecule has 0 spiro atoms. The summed E-state index contributed by atoms with van der Waals surface area (Å²) in [7, 11) is 3.48. The van der Waals surface area contributed by atoms with Crippen molar-refractivity contribution in [3.05, 3.63) is 48.9 Å². The van der Waals surface area contributed by atoms with Crippen molar-refractivity contribution in [1.82, 2.24) is 20.1 Å². The van der Waals surface area contributed by atoms with E-state index in [-0.39, 0.29) is 17.9 Å². The second-order valence-corrected chi connectivity index (χ2v) is 9.44. The van der Waals surface area contributed by atoms with Crippen molar-refractivity contribution in [3.8, 4) is 11.1 Å². The number of methoxy groups -OCH3 is 1. The summed E-state index contributed by atoms with van der Waals surface area (Å²) in [6, 6.07) is 10.4. The number of piperazine rings is 1. The van der Waals surface area contributed by atoms with Crippen LogP contribution in [0, 0.1) is 0 Å². The quantitative estimate of drug-likeness (QED) is 0.316. The van der Waals surface area contributed by atoms with Gasteiger partial charge in [0.1, 0.15) is 12.4 Å². The molecule has 180 valence electrons. The van der Waals surface area contributed by atoms with Gasteiger partial charge in [-0.2, -0.15) is 5.10 Å². The molecule has 1 aliphatic heterocycles. The lowest BCUT2D eigenvalue weighted by atomic mass is 10.1. The number of anilines is 3. The van der Waals surface area contributed by atoms with Gasteiger partial charge in [0.2, 0.25) is 5.91 Å². The number of nitrogens with one attached hydrogen (secondary N) is 3. The fourth-order valence-corrected chi connectivity index (χ4v) is 5.02. The van der Waals surface area contributed by atoms with Gasteiger partial charge in [0, 0.05) is 80.6 Å². The summed E-state index contributed by atoms with van der Waals surface area (Å²) in [5, 5.41) is 13.8. The molecular weight excluding hydrogens is 450 g/mol. The molecule has 3 aromatic rings. The molecule has 1 aromatic carbocycles. The lowest BCUT2D eigenvalue weighted by Crippen LogP contribution is -2.49. The number of aromatic nitrogens is 3. The van der Waals surface area contributed by atoms with Crippen LogP contribution in [0.2, 0.25) is 0 Å². The summed E-state index contributed by atoms with van der Waals surface area (Å²) in [4.78, 5) is 21.9. The Labute approximate surface area is 204 Å². The van der Waals surface area contributed by atoms with Crippen molar-refractivity contribution in [2.75, 3.05) is 62.5 Å². The maximum atomic E-state index is 12.1. The van der Waals surface area contributed by atoms with Gasteiger partial charge >= 0.3 is 0 Å². The highest BCUT2D eigenvalue weighted by Crippen LogP contribution is 2.34. The second kappa shape index (κ2) is 11.3. The van der Waals surface area contributed by atoms with Crippen molar-refractivity contribution in [1.29, 1.82) is 0 Å². The van der Waals surface area contributed by atoms with E-state index in [9.17, 15) is 4.79 Å². The molecule has 9 nitrogen and oxygen atoms in total. The molecule has 1 fully saturated rings. The minimum atomic E-state index is 0.0443. The van der Waals surface area contributed by atoms with Crippen LogP contribution >= 0.6 is 11.8 Å². The SMILES string of the molecule is CNc1ccc(-c2cn[nH]c2)cc1SC(C)Nc1cc(N2CCN(C(=O)COC)CC2)ccn1. The first kappa shape index (κ1) is 23.9. The average molecular weight is 482 g/mol. The van der Waals surface area contributed by atoms with Gasteiger partial charge in [-0.25, -0.2) is 4.98 Å². The zero-order chi connectivity index (χ0) is 23.9. The first-order chi connectivity index (χ1) is 16.6. The van der Waals surface area contributed by atoms with E-state index >= 15 is 0 Å². The Hall–Kier alpha value is -3.24. The van der Waals surface area contributed by atoms with Gasteiger partial charge in [0.05, 0.1) is 11.6 Å². The number of carbonyl (C=O) groups is 1. The van der Waals surface area contributed by atoms with Crippen molar-refractivity contribution in [2.45, 2.75) is 17.2 Å². The maximum Gasteiger partial charge on any atom is 0.248 e. The highest BCUT2D eigenvalue weighted by atomic mass is 32.2. The molecular formula is C24H31N7O2S. The number of nitrogens with zero attached hydrogens (tertiary/aromatic N) is 4. The van der Waals surface area contributed by atoms with E-state index in [2.05, 4.69) is 61.9 Å². The van der Waals surface area contributed by atoms with Gasteiger partial charge in [-0.15, -0.1) is 0 Å². The van der Waals surface area contributed by atoms with Gasteiger partial charge in [0.15, 0.2) is 0 Å². The lowest BCUT2D eigenvalue weighted by Gasteiger charge is -2.36. The van der Waals surface area contributed by atoms with Crippen molar-refractivity contribution < 1.29 is 9.53 Å². The monoisotopic (exact) mass is 481 g/mol. The normalized spacial score (nSPS) is 14.7. The van der Waals surface area contributed by atoms with Gasteiger partial charge in [-0.05, 0) is 30.7 Å². The average Bonchev–Trinajstić information content (AvgIpc) is 3.39. The lowest BCUT2D eigenvalue weighted by molar-refractivity contribution is -0.135. The van der Waals surface area contributed by atoms with Crippen molar-refractivity contribution >= 4 is 34.9 Å². The number of thioether (sulfide) groups is 1. The number of H-pyrrole nitrogens is 1. The number of carbonyl (C=O) groups excluding carboxylic acids is 1. The van der Waals surface area contributed by atoms with E-state index in [1.807, 2.05) is 36.6 Å². The molecule has 4 rings (SSSR count). The number of hydrogen-bond donors (Lipinski definition) is 3. The molecule has 0 bridgehead atoms. The zero-order valence-corrected chi connectivity index (χ0v) is 20.6. The maximum absolute atomic E-state index is 12.1. The van der Waals surface area contributed by atoms with Crippen LogP contribution in [0.25, 0.3) is 11.1 Å². The largest absolute Gasteiger partial charge is 0.387 e. The number of hydrogen-bond acceptors (Lipinski definition) is 8. The number of benzene rings is 1. The van der Waals surface area contributed by atoms with Gasteiger partial charge in [-0.3, -0.25) is 9.89 Å². The summed E-state index contributed by atoms with van der Waals surface area (Å²) in [6.45, 7) is 5.23. The molecule has 1 saturated heterocycles. The fourth-order valence-electron chi connectivity index (χ4n) is 3.97. The molecule has 2 aromatic heterocycles. The summed E-state index contributed by atoms with van der Waals surface area (Å²) in [5.74, 6) is 0.871. The molecule has 1 atom stereocenters. The minimum absolute atomic E-state index is 0.0443. The highest BCUT2D eigenvalue weighted by Gasteiger charge is 2.21. The van der Waals surface area contributed by atoms with Crippen LogP contribution < -0.4 is 15.5 Å². The molecule has 0 radical (unpaired) electrons. The van der Waals surface area contributed by atoms with Crippen molar-refractivity contribution in [3.63, 3.8) is 0 Å². The summed E-state index contributed by atoms with van der Waals surface area (Å²) < 4.78 is 4.97. The van der Waals surface area contributed by atoms with E-state index < -0.39 is 0 Å². The highest BCUT2D eigenvalue weighted by molar-refractivity contribution is 8.00. The molecule has 1 amide bonds. The molecule has 34 heavy (non-hydrogen) atoms. The second-order valence-electron chi connectivity index (χ2n) is 8.05. The van der Waals surface area contributed by atoms with E-state index in [1.165, 1.54) is 0 Å². The molecule has 3 N–H and O–H groups in total. The number of pyridine rings is 1. The molecule has 3 heterocycles. The van der Waals surface area contributed by atoms with E-state index in [0.717, 1.165) is 46.3 Å². The number of amides is 1. The Bertz CT molecular complexity index is 1080. The Kier molecular flexibility index (Phi) is 7.91. The zero-order valence-electron chi connectivity index (χ0n) is 19.7. The van der Waals surface area contributed by atoms with Crippen LogP contribution in [-0.4, -0.2) is 78.3 Å². The molecule has 1 aliphatic rings. The van der Waals surface area contributed by atoms with Gasteiger partial charge < -0.3 is 25.2 Å². The fraction of sp³-hybridized carbons (Fsp3) is 0.375. The molecule has 10 heteroatoms. The van der Waals surface area contributed by atoms with Crippen LogP contribution in [0.3, 0.4) is 0 Å². The number of rotatable bonds is 9. The number of aromatic amines is 1. The van der Waals surface area contributed by atoms with Crippen LogP contribution in [-0.2, 0) is 9.53 Å². The minimum Gasteiger partial charge on any atom is -0.387 e. The van der Waals surface area contributed by atoms with Gasteiger partial charge in [0.25, 0.3) is 0 Å². The molecule has 0 aliphatic carbocycles. The number of ether oxygens (including phenoxy) is 1. The Balaban J connectivity index is 1.39. The third-order valence-electron chi connectivity index (χ3n) is 5.75. The standard InChI is InChI=1S/C24H31N7O2S/c1-17(34-22-12-18(4-5-21(22)25-2)19-14-27-28-15-19)29-23-13-20(6-7-26-23)30-8-10-31(11-9-30)24(32)16-33-3/h4-7,12-15,17,25H,8-11,16H2,1-3H3,(H,26,29)(H,27,28). The Morgan fingerprint density at radius 2 is 2.03 bits per heavy atom. The van der Waals surface area contributed by atoms with E-state index in [4.69, 9.17) is 4.74 Å². The van der Waals surface area contributed by atoms with Crippen LogP contribution in [0.4, 0.5) is 17.2 Å². The summed E-state index contributed by atoms with van der Waals surface area (Å²) in [6.07, 6.45) is 5.55. The summed E-state index contributed by atoms with van der Waals surface area (Å²) >= 11 is 1.74. The topological polar surface area (TPSA) is 98.4 Å². The summed E-state index contributed by atoms with van der Waals surface area (Å²) in [5.41, 5.74) is 4.36. The predicted molar refractivity (Wildman–Crippen MR) is 137 cm³/mol. The van der Waals surface area contributed by atoms with E-state index in [1.54, 1.807) is 18.9 Å². The molecule has 1 unspecified atom stereocenters. The molecule has 0 saturated carbocycles. The Morgan fingerprint density at radius 3 is 2.74 bits per heavy atom. The van der Waals surface area contributed by atoms with Crippen LogP contribution in [0.5, 0.6) is 0 Å². The van der Waals surface area contributed by atoms with E-state index in [0.29, 0.717) is 13.1 Å². The first-order valence-electron chi connectivity index (χ1n) is 11.3. The Morgan fingerprint density at radius 1 is 1.21 bits per heavy atom. The van der Waals surface area contributed by atoms with Gasteiger partial charge in [-0.1, -0.05) is 17.8 Å². The first-order valence-corrected chi connectivity index (χ1v) is 12.2. The third kappa shape index (κ3) is 5.81. The smallest absolute Gasteiger partial charge is 0.248 e. The third-order valence-corrected chi connectivity index (χ3v) is 6.81. The van der Waals surface area contributed by atoms with Crippen molar-refractivity contribution in [2.24, 2.45) is 0 Å².